The molecule has 3 nitrogen and oxygen atoms in total. The van der Waals surface area contributed by atoms with E-state index in [0.717, 1.165) is 12.8 Å². The Hall–Kier alpha value is -0.410. The van der Waals surface area contributed by atoms with E-state index in [1.54, 1.807) is 0 Å². The molecule has 0 spiro atoms. The van der Waals surface area contributed by atoms with Crippen LogP contribution in [0.3, 0.4) is 0 Å². The lowest BCUT2D eigenvalue weighted by atomic mass is 10.1. The molecule has 0 aromatic rings. The summed E-state index contributed by atoms with van der Waals surface area (Å²) in [4.78, 5) is 0. The first kappa shape index (κ1) is 5.72. The van der Waals surface area contributed by atoms with Gasteiger partial charge in [0.05, 0.1) is 6.54 Å². The molecule has 0 bridgehead atoms. The first-order valence-electron chi connectivity index (χ1n) is 2.91. The van der Waals surface area contributed by atoms with Crippen molar-refractivity contribution >= 4 is 5.84 Å². The van der Waals surface area contributed by atoms with Crippen LogP contribution in [0.15, 0.2) is 0 Å². The van der Waals surface area contributed by atoms with Crippen LogP contribution in [0.2, 0.25) is 0 Å². The van der Waals surface area contributed by atoms with Crippen LogP contribution in [0.4, 0.5) is 0 Å². The highest BCUT2D eigenvalue weighted by Crippen LogP contribution is 1.95. The number of quaternary nitrogens is 1. The lowest BCUT2D eigenvalue weighted by Gasteiger charge is -2.25. The van der Waals surface area contributed by atoms with E-state index in [4.69, 9.17) is 5.41 Å². The summed E-state index contributed by atoms with van der Waals surface area (Å²) in [5.74, 6) is 0.330. The second kappa shape index (κ2) is 2.24. The largest absolute Gasteiger partial charge is 0.628 e. The Kier molecular flexibility index (Phi) is 1.60. The number of piperidine rings is 1. The van der Waals surface area contributed by atoms with Crippen LogP contribution in [0, 0.1) is 10.6 Å². The van der Waals surface area contributed by atoms with Gasteiger partial charge in [0.1, 0.15) is 0 Å². The van der Waals surface area contributed by atoms with Crippen LogP contribution in [-0.4, -0.2) is 12.4 Å². The van der Waals surface area contributed by atoms with Gasteiger partial charge in [0, 0.05) is 6.42 Å². The second-order valence-electron chi connectivity index (χ2n) is 2.11. The molecule has 1 atom stereocenters. The van der Waals surface area contributed by atoms with Crippen molar-refractivity contribution in [3.05, 3.63) is 5.21 Å². The van der Waals surface area contributed by atoms with Gasteiger partial charge in [-0.25, -0.2) is 0 Å². The highest BCUT2D eigenvalue weighted by molar-refractivity contribution is 5.70. The summed E-state index contributed by atoms with van der Waals surface area (Å²) < 4.78 is 0. The smallest absolute Gasteiger partial charge is 0.193 e. The zero-order valence-corrected chi connectivity index (χ0v) is 4.74. The molecule has 1 rings (SSSR count). The lowest BCUT2D eigenvalue weighted by Crippen LogP contribution is -3.10. The number of amidine groups is 1. The fourth-order valence-corrected chi connectivity index (χ4v) is 0.878. The zero-order valence-electron chi connectivity index (χ0n) is 4.74. The first-order chi connectivity index (χ1) is 3.80. The molecular weight excluding hydrogens is 104 g/mol. The highest BCUT2D eigenvalue weighted by atomic mass is 16.5. The number of hydroxylamine groups is 2. The van der Waals surface area contributed by atoms with Gasteiger partial charge in [-0.1, -0.05) is 0 Å². The Morgan fingerprint density at radius 3 is 2.62 bits per heavy atom. The van der Waals surface area contributed by atoms with Crippen molar-refractivity contribution in [1.29, 1.82) is 5.41 Å². The zero-order chi connectivity index (χ0) is 5.98. The quantitative estimate of drug-likeness (QED) is 0.411. The number of hydrogen-bond acceptors (Lipinski definition) is 2. The molecule has 1 aliphatic rings. The molecule has 3 heteroatoms. The first-order valence-corrected chi connectivity index (χ1v) is 2.91. The summed E-state index contributed by atoms with van der Waals surface area (Å²) in [6.07, 6.45) is 2.73. The van der Waals surface area contributed by atoms with E-state index in [9.17, 15) is 5.21 Å². The molecule has 1 heterocycles. The molecule has 0 aromatic heterocycles. The van der Waals surface area contributed by atoms with Gasteiger partial charge in [0.15, 0.2) is 5.84 Å². The third-order valence-corrected chi connectivity index (χ3v) is 1.42. The van der Waals surface area contributed by atoms with Crippen molar-refractivity contribution in [3.8, 4) is 0 Å². The van der Waals surface area contributed by atoms with Crippen molar-refractivity contribution < 1.29 is 5.06 Å². The molecular formula is C5H10N2O. The second-order valence-corrected chi connectivity index (χ2v) is 2.11. The standard InChI is InChI=1S/C5H10N2O/c6-5-3-1-2-4-7(5)8/h6-7H,1-4H2. The maximum atomic E-state index is 10.6. The topological polar surface area (TPSA) is 51.4 Å². The van der Waals surface area contributed by atoms with Crippen LogP contribution in [0.1, 0.15) is 19.3 Å². The Morgan fingerprint density at radius 1 is 1.50 bits per heavy atom. The normalized spacial score (nSPS) is 30.6. The Bertz CT molecular complexity index is 103. The SMILES string of the molecule is N=C1CCCC[NH+]1[O-]. The van der Waals surface area contributed by atoms with Gasteiger partial charge in [0.2, 0.25) is 0 Å². The molecule has 8 heavy (non-hydrogen) atoms. The van der Waals surface area contributed by atoms with E-state index < -0.39 is 0 Å². The van der Waals surface area contributed by atoms with Gasteiger partial charge >= 0.3 is 0 Å². The molecule has 0 radical (unpaired) electrons. The van der Waals surface area contributed by atoms with E-state index >= 15 is 0 Å². The number of hydrogen-bond donors (Lipinski definition) is 2. The number of nitrogens with one attached hydrogen (secondary N) is 2. The molecule has 0 aliphatic carbocycles. The third-order valence-electron chi connectivity index (χ3n) is 1.42. The summed E-state index contributed by atoms with van der Waals surface area (Å²) in [6.45, 7) is 0.610. The van der Waals surface area contributed by atoms with Crippen LogP contribution >= 0.6 is 0 Å². The Balaban J connectivity index is 2.39. The van der Waals surface area contributed by atoms with Crippen molar-refractivity contribution in [2.45, 2.75) is 19.3 Å². The molecule has 46 valence electrons. The molecule has 1 saturated heterocycles. The summed E-state index contributed by atoms with van der Waals surface area (Å²) >= 11 is 0. The van der Waals surface area contributed by atoms with Gasteiger partial charge in [-0.3, -0.25) is 5.41 Å². The average molecular weight is 114 g/mol. The minimum absolute atomic E-state index is 0.0521. The van der Waals surface area contributed by atoms with Gasteiger partial charge in [-0.2, -0.15) is 0 Å². The van der Waals surface area contributed by atoms with Gasteiger partial charge in [-0.15, -0.1) is 0 Å². The van der Waals surface area contributed by atoms with Crippen molar-refractivity contribution in [2.75, 3.05) is 6.54 Å². The maximum Gasteiger partial charge on any atom is 0.193 e. The predicted molar refractivity (Wildman–Crippen MR) is 30.8 cm³/mol. The number of rotatable bonds is 0. The fourth-order valence-electron chi connectivity index (χ4n) is 0.878. The van der Waals surface area contributed by atoms with Gasteiger partial charge in [0.25, 0.3) is 0 Å². The van der Waals surface area contributed by atoms with E-state index in [2.05, 4.69) is 0 Å². The predicted octanol–water partition coefficient (Wildman–Crippen LogP) is -0.470. The Morgan fingerprint density at radius 2 is 2.25 bits per heavy atom. The van der Waals surface area contributed by atoms with Crippen LogP contribution in [-0.2, 0) is 0 Å². The van der Waals surface area contributed by atoms with E-state index in [0.29, 0.717) is 18.8 Å². The fraction of sp³-hybridized carbons (Fsp3) is 0.800. The lowest BCUT2D eigenvalue weighted by molar-refractivity contribution is -0.754. The minimum atomic E-state index is 0.0521. The van der Waals surface area contributed by atoms with Crippen molar-refractivity contribution in [3.63, 3.8) is 0 Å². The van der Waals surface area contributed by atoms with Crippen LogP contribution in [0.5, 0.6) is 0 Å². The third kappa shape index (κ3) is 1.05. The molecule has 0 amide bonds. The minimum Gasteiger partial charge on any atom is -0.628 e. The Labute approximate surface area is 48.4 Å². The van der Waals surface area contributed by atoms with Gasteiger partial charge < -0.3 is 10.3 Å². The van der Waals surface area contributed by atoms with E-state index in [1.165, 1.54) is 0 Å². The molecule has 0 saturated carbocycles. The summed E-state index contributed by atoms with van der Waals surface area (Å²) in [6, 6.07) is 0. The monoisotopic (exact) mass is 114 g/mol. The average Bonchev–Trinajstić information content (AvgIpc) is 1.77. The molecule has 1 unspecified atom stereocenters. The van der Waals surface area contributed by atoms with Crippen LogP contribution in [0.25, 0.3) is 0 Å². The molecule has 1 fully saturated rings. The van der Waals surface area contributed by atoms with Crippen LogP contribution < -0.4 is 5.06 Å². The van der Waals surface area contributed by atoms with Crippen molar-refractivity contribution in [2.24, 2.45) is 0 Å². The van der Waals surface area contributed by atoms with E-state index in [1.807, 2.05) is 0 Å². The molecule has 1 aliphatic heterocycles. The van der Waals surface area contributed by atoms with Crippen molar-refractivity contribution in [1.82, 2.24) is 0 Å². The summed E-state index contributed by atoms with van der Waals surface area (Å²) in [7, 11) is 0. The van der Waals surface area contributed by atoms with Gasteiger partial charge in [-0.05, 0) is 12.8 Å². The highest BCUT2D eigenvalue weighted by Gasteiger charge is 2.11. The molecule has 2 N–H and O–H groups in total. The molecule has 0 aromatic carbocycles. The summed E-state index contributed by atoms with van der Waals surface area (Å²) in [5, 5.41) is 17.7. The summed E-state index contributed by atoms with van der Waals surface area (Å²) in [5.41, 5.74) is 0. The maximum absolute atomic E-state index is 10.6. The van der Waals surface area contributed by atoms with E-state index in [-0.39, 0.29) is 5.06 Å².